The van der Waals surface area contributed by atoms with Crippen molar-refractivity contribution in [2.45, 2.75) is 25.8 Å². The fourth-order valence-corrected chi connectivity index (χ4v) is 3.14. The Balaban J connectivity index is 1.50. The molecule has 6 heteroatoms. The van der Waals surface area contributed by atoms with Gasteiger partial charge in [-0.25, -0.2) is 8.78 Å². The van der Waals surface area contributed by atoms with Crippen LogP contribution in [0.25, 0.3) is 0 Å². The van der Waals surface area contributed by atoms with Gasteiger partial charge in [0.15, 0.2) is 0 Å². The third-order valence-electron chi connectivity index (χ3n) is 4.62. The number of hydrogen-bond donors (Lipinski definition) is 2. The van der Waals surface area contributed by atoms with Crippen LogP contribution in [-0.4, -0.2) is 25.5 Å². The predicted octanol–water partition coefficient (Wildman–Crippen LogP) is 3.85. The van der Waals surface area contributed by atoms with E-state index in [2.05, 4.69) is 15.5 Å². The number of benzene rings is 2. The summed E-state index contributed by atoms with van der Waals surface area (Å²) in [5, 5.41) is 5.77. The molecule has 3 rings (SSSR count). The minimum atomic E-state index is -0.622. The van der Waals surface area contributed by atoms with Crippen LogP contribution in [0.5, 0.6) is 0 Å². The molecule has 1 amide bonds. The monoisotopic (exact) mass is 359 g/mol. The highest BCUT2D eigenvalue weighted by Gasteiger charge is 2.14. The maximum atomic E-state index is 13.8. The summed E-state index contributed by atoms with van der Waals surface area (Å²) in [5.74, 6) is -1.45. The summed E-state index contributed by atoms with van der Waals surface area (Å²) in [7, 11) is 0. The molecule has 1 saturated heterocycles. The van der Waals surface area contributed by atoms with Gasteiger partial charge in [-0.2, -0.15) is 0 Å². The Hall–Kier alpha value is -2.47. The maximum Gasteiger partial charge on any atom is 0.238 e. The fraction of sp³-hybridized carbons (Fsp3) is 0.350. The maximum absolute atomic E-state index is 13.8. The molecule has 0 spiro atoms. The Labute approximate surface area is 152 Å². The van der Waals surface area contributed by atoms with Gasteiger partial charge in [-0.15, -0.1) is 0 Å². The zero-order chi connectivity index (χ0) is 18.5. The molecular weight excluding hydrogens is 336 g/mol. The molecule has 1 aliphatic heterocycles. The summed E-state index contributed by atoms with van der Waals surface area (Å²) in [4.78, 5) is 14.4. The van der Waals surface area contributed by atoms with Crippen molar-refractivity contribution in [2.24, 2.45) is 0 Å². The number of nitrogens with zero attached hydrogens (tertiary/aromatic N) is 1. The number of carbonyl (C=O) groups is 1. The molecule has 4 nitrogen and oxygen atoms in total. The van der Waals surface area contributed by atoms with E-state index in [1.807, 2.05) is 24.3 Å². The van der Waals surface area contributed by atoms with Gasteiger partial charge in [-0.3, -0.25) is 4.79 Å². The largest absolute Gasteiger partial charge is 0.372 e. The van der Waals surface area contributed by atoms with Crippen molar-refractivity contribution in [1.29, 1.82) is 0 Å². The Morgan fingerprint density at radius 2 is 1.81 bits per heavy atom. The fourth-order valence-electron chi connectivity index (χ4n) is 3.14. The standard InChI is InChI=1S/C20H23F2N3O/c1-14(18-9-4-15(21)12-19(18)22)23-13-20(26)24-16-5-7-17(8-6-16)25-10-2-3-11-25/h4-9,12,14,23H,2-3,10-11,13H2,1H3,(H,24,26)/t14-/m0/s1. The Morgan fingerprint density at radius 1 is 1.12 bits per heavy atom. The minimum absolute atomic E-state index is 0.0336. The first-order valence-corrected chi connectivity index (χ1v) is 8.86. The van der Waals surface area contributed by atoms with Gasteiger partial charge in [-0.05, 0) is 50.1 Å². The number of amides is 1. The first kappa shape index (κ1) is 18.3. The van der Waals surface area contributed by atoms with Crippen molar-refractivity contribution < 1.29 is 13.6 Å². The Morgan fingerprint density at radius 3 is 2.46 bits per heavy atom. The number of hydrogen-bond acceptors (Lipinski definition) is 3. The highest BCUT2D eigenvalue weighted by atomic mass is 19.1. The molecule has 2 N–H and O–H groups in total. The topological polar surface area (TPSA) is 44.4 Å². The van der Waals surface area contributed by atoms with Crippen LogP contribution in [0.2, 0.25) is 0 Å². The van der Waals surface area contributed by atoms with E-state index >= 15 is 0 Å². The van der Waals surface area contributed by atoms with Gasteiger partial charge in [0.2, 0.25) is 5.91 Å². The molecule has 0 bridgehead atoms. The van der Waals surface area contributed by atoms with Crippen molar-refractivity contribution in [3.63, 3.8) is 0 Å². The van der Waals surface area contributed by atoms with Crippen molar-refractivity contribution in [2.75, 3.05) is 29.9 Å². The van der Waals surface area contributed by atoms with Gasteiger partial charge in [0.05, 0.1) is 6.54 Å². The lowest BCUT2D eigenvalue weighted by Gasteiger charge is -2.18. The van der Waals surface area contributed by atoms with E-state index in [4.69, 9.17) is 0 Å². The molecule has 1 atom stereocenters. The molecule has 0 radical (unpaired) electrons. The van der Waals surface area contributed by atoms with Crippen molar-refractivity contribution in [3.8, 4) is 0 Å². The van der Waals surface area contributed by atoms with E-state index in [9.17, 15) is 13.6 Å². The molecule has 0 saturated carbocycles. The summed E-state index contributed by atoms with van der Waals surface area (Å²) >= 11 is 0. The molecular formula is C20H23F2N3O. The molecule has 2 aromatic carbocycles. The average Bonchev–Trinajstić information content (AvgIpc) is 3.15. The van der Waals surface area contributed by atoms with Crippen LogP contribution in [0.4, 0.5) is 20.2 Å². The van der Waals surface area contributed by atoms with E-state index < -0.39 is 17.7 Å². The van der Waals surface area contributed by atoms with Crippen LogP contribution in [0.15, 0.2) is 42.5 Å². The highest BCUT2D eigenvalue weighted by Crippen LogP contribution is 2.22. The van der Waals surface area contributed by atoms with Crippen LogP contribution in [0.1, 0.15) is 31.4 Å². The number of nitrogens with one attached hydrogen (secondary N) is 2. The number of carbonyl (C=O) groups excluding carboxylic acids is 1. The molecule has 0 aliphatic carbocycles. The first-order valence-electron chi connectivity index (χ1n) is 8.86. The van der Waals surface area contributed by atoms with Gasteiger partial charge < -0.3 is 15.5 Å². The Kier molecular flexibility index (Phi) is 5.83. The van der Waals surface area contributed by atoms with Crippen molar-refractivity contribution >= 4 is 17.3 Å². The zero-order valence-electron chi connectivity index (χ0n) is 14.8. The van der Waals surface area contributed by atoms with Crippen LogP contribution in [0.3, 0.4) is 0 Å². The predicted molar refractivity (Wildman–Crippen MR) is 99.3 cm³/mol. The molecule has 1 heterocycles. The summed E-state index contributed by atoms with van der Waals surface area (Å²) < 4.78 is 26.7. The second-order valence-corrected chi connectivity index (χ2v) is 6.56. The molecule has 1 fully saturated rings. The molecule has 138 valence electrons. The molecule has 26 heavy (non-hydrogen) atoms. The summed E-state index contributed by atoms with van der Waals surface area (Å²) in [6, 6.07) is 10.8. The molecule has 0 unspecified atom stereocenters. The smallest absolute Gasteiger partial charge is 0.238 e. The Bertz CT molecular complexity index is 758. The van der Waals surface area contributed by atoms with Gasteiger partial charge in [0.25, 0.3) is 0 Å². The number of anilines is 2. The summed E-state index contributed by atoms with van der Waals surface area (Å²) in [5.41, 5.74) is 2.22. The summed E-state index contributed by atoms with van der Waals surface area (Å²) in [6.07, 6.45) is 2.44. The van der Waals surface area contributed by atoms with Crippen LogP contribution in [0, 0.1) is 11.6 Å². The normalized spacial score (nSPS) is 15.1. The molecule has 2 aromatic rings. The second-order valence-electron chi connectivity index (χ2n) is 6.56. The lowest BCUT2D eigenvalue weighted by atomic mass is 10.1. The van der Waals surface area contributed by atoms with Gasteiger partial charge in [-0.1, -0.05) is 6.07 Å². The van der Waals surface area contributed by atoms with E-state index in [1.165, 1.54) is 30.7 Å². The van der Waals surface area contributed by atoms with E-state index in [0.717, 1.165) is 24.8 Å². The molecule has 0 aromatic heterocycles. The van der Waals surface area contributed by atoms with E-state index in [-0.39, 0.29) is 12.5 Å². The van der Waals surface area contributed by atoms with Crippen molar-refractivity contribution in [1.82, 2.24) is 5.32 Å². The second kappa shape index (κ2) is 8.27. The van der Waals surface area contributed by atoms with Gasteiger partial charge in [0.1, 0.15) is 11.6 Å². The van der Waals surface area contributed by atoms with Gasteiger partial charge in [0, 0.05) is 42.1 Å². The third kappa shape index (κ3) is 4.58. The third-order valence-corrected chi connectivity index (χ3v) is 4.62. The zero-order valence-corrected chi connectivity index (χ0v) is 14.8. The number of rotatable bonds is 6. The molecule has 1 aliphatic rings. The van der Waals surface area contributed by atoms with Crippen molar-refractivity contribution in [3.05, 3.63) is 59.7 Å². The number of halogens is 2. The van der Waals surface area contributed by atoms with Gasteiger partial charge >= 0.3 is 0 Å². The first-order chi connectivity index (χ1) is 12.5. The van der Waals surface area contributed by atoms with Crippen LogP contribution < -0.4 is 15.5 Å². The summed E-state index contributed by atoms with van der Waals surface area (Å²) in [6.45, 7) is 3.92. The van der Waals surface area contributed by atoms with E-state index in [0.29, 0.717) is 5.56 Å². The SMILES string of the molecule is C[C@H](NCC(=O)Nc1ccc(N2CCCC2)cc1)c1ccc(F)cc1F. The van der Waals surface area contributed by atoms with Crippen LogP contribution >= 0.6 is 0 Å². The minimum Gasteiger partial charge on any atom is -0.372 e. The van der Waals surface area contributed by atoms with Crippen LogP contribution in [-0.2, 0) is 4.79 Å². The highest BCUT2D eigenvalue weighted by molar-refractivity contribution is 5.92. The lowest BCUT2D eigenvalue weighted by Crippen LogP contribution is -2.30. The quantitative estimate of drug-likeness (QED) is 0.823. The lowest BCUT2D eigenvalue weighted by molar-refractivity contribution is -0.115. The van der Waals surface area contributed by atoms with E-state index in [1.54, 1.807) is 6.92 Å². The average molecular weight is 359 g/mol.